The van der Waals surface area contributed by atoms with Gasteiger partial charge in [-0.15, -0.1) is 0 Å². The predicted molar refractivity (Wildman–Crippen MR) is 246 cm³/mol. The average molecular weight is 1040 g/mol. The minimum Gasteiger partial charge on any atom is -0.456 e. The molecule has 22 heteroatoms. The van der Waals surface area contributed by atoms with E-state index in [4.69, 9.17) is 52.1 Å². The SMILES string of the molecule is C=C1CO[C@@]2(O[C@H]3C[C@H]4[C@@H]5CC=C6C[C@@H](O)C[C@@H](O[C@@H]7O[C@H](CO)[C@H](O)[C@H](O)[C@H]7O[C@@H]7O[C@@H](C)[C@H](OC(C)=O)[C@@H](OC(C)=O)[C@H]7OC(C)=O)[C@]6(C)[C@H]5CC[C@]4(C)[C@H]3[C@@H]2C)[C@@H](O)[C@H]1O[C@@H]1O[C@@H](C)[C@H](O)[C@@H](O)[C@H]1O. The van der Waals surface area contributed by atoms with Crippen LogP contribution in [0.2, 0.25) is 0 Å². The molecule has 0 aromatic heterocycles. The van der Waals surface area contributed by atoms with Crippen LogP contribution in [0.15, 0.2) is 23.8 Å². The van der Waals surface area contributed by atoms with Crippen LogP contribution in [0, 0.1) is 40.4 Å². The second kappa shape index (κ2) is 20.6. The number of aliphatic hydroxyl groups is 8. The van der Waals surface area contributed by atoms with E-state index in [-0.39, 0.29) is 54.1 Å². The Morgan fingerprint density at radius 3 is 2.04 bits per heavy atom. The van der Waals surface area contributed by atoms with Crippen LogP contribution in [-0.2, 0) is 66.5 Å². The number of esters is 3. The molecule has 0 bridgehead atoms. The fourth-order valence-electron chi connectivity index (χ4n) is 15.0. The van der Waals surface area contributed by atoms with Crippen LogP contribution in [0.4, 0.5) is 0 Å². The summed E-state index contributed by atoms with van der Waals surface area (Å²) >= 11 is 0. The van der Waals surface area contributed by atoms with Crippen molar-refractivity contribution in [2.24, 2.45) is 40.4 Å². The van der Waals surface area contributed by atoms with Crippen molar-refractivity contribution in [2.45, 2.75) is 222 Å². The molecule has 5 aliphatic heterocycles. The van der Waals surface area contributed by atoms with E-state index >= 15 is 0 Å². The number of aliphatic hydroxyl groups excluding tert-OH is 8. The van der Waals surface area contributed by atoms with Gasteiger partial charge in [-0.3, -0.25) is 14.4 Å². The molecular formula is C51H76O22. The van der Waals surface area contributed by atoms with E-state index in [9.17, 15) is 55.2 Å². The molecule has 9 rings (SSSR count). The van der Waals surface area contributed by atoms with Gasteiger partial charge in [0.2, 0.25) is 5.79 Å². The standard InChI is InChI=1S/C51H76O22/c1-19-18-63-51(45(62)40(19)71-46-39(61)37(59)35(57)21(3)64-46)20(2)34-31(73-51)16-30-28-11-10-26-14-27(56)15-33(50(26,9)29(28)12-13-49(30,34)8)70-47-42(38(60)36(58)32(17-52)69-47)72-48-44(68-25(7)55)43(67-24(6)54)41(22(4)65-48)66-23(5)53/h10,20-22,27-48,52,56-62H,1,11-18H2,2-9H3/t20-,21-,22-,27+,28+,29-,30-,31-,32+,33+,34-,35-,36-,37+,38-,39+,40-,41-,42+,43+,44+,45-,46-,47-,48-,49-,50-,51-/m0/s1. The first-order valence-corrected chi connectivity index (χ1v) is 25.9. The second-order valence-corrected chi connectivity index (χ2v) is 22.7. The summed E-state index contributed by atoms with van der Waals surface area (Å²) in [6.45, 7) is 16.3. The Morgan fingerprint density at radius 1 is 0.726 bits per heavy atom. The van der Waals surface area contributed by atoms with Crippen molar-refractivity contribution >= 4 is 17.9 Å². The van der Waals surface area contributed by atoms with Gasteiger partial charge < -0.3 is 93.0 Å². The lowest BCUT2D eigenvalue weighted by molar-refractivity contribution is -0.375. The molecule has 8 fully saturated rings. The molecule has 9 aliphatic rings. The number of rotatable bonds is 10. The molecule has 5 saturated heterocycles. The minimum atomic E-state index is -1.79. The van der Waals surface area contributed by atoms with E-state index in [0.29, 0.717) is 18.4 Å². The van der Waals surface area contributed by atoms with Gasteiger partial charge in [-0.05, 0) is 80.6 Å². The summed E-state index contributed by atoms with van der Waals surface area (Å²) < 4.78 is 67.7. The number of ether oxygens (including phenoxy) is 11. The van der Waals surface area contributed by atoms with Crippen LogP contribution in [0.3, 0.4) is 0 Å². The van der Waals surface area contributed by atoms with Crippen molar-refractivity contribution in [1.82, 2.24) is 0 Å². The van der Waals surface area contributed by atoms with Gasteiger partial charge in [-0.2, -0.15) is 0 Å². The molecule has 0 radical (unpaired) electrons. The van der Waals surface area contributed by atoms with Crippen molar-refractivity contribution in [3.05, 3.63) is 23.8 Å². The van der Waals surface area contributed by atoms with Crippen LogP contribution < -0.4 is 0 Å². The molecule has 0 aromatic carbocycles. The predicted octanol–water partition coefficient (Wildman–Crippen LogP) is -0.213. The highest BCUT2D eigenvalue weighted by Gasteiger charge is 2.72. The maximum atomic E-state index is 12.6. The Bertz CT molecular complexity index is 2110. The van der Waals surface area contributed by atoms with Gasteiger partial charge in [0, 0.05) is 38.5 Å². The number of fused-ring (bicyclic) bond motifs is 7. The zero-order valence-electron chi connectivity index (χ0n) is 42.7. The van der Waals surface area contributed by atoms with Gasteiger partial charge in [0.05, 0.1) is 43.7 Å². The van der Waals surface area contributed by atoms with Crippen molar-refractivity contribution in [1.29, 1.82) is 0 Å². The van der Waals surface area contributed by atoms with Crippen molar-refractivity contribution < 1.29 is 107 Å². The van der Waals surface area contributed by atoms with Gasteiger partial charge in [0.1, 0.15) is 54.9 Å². The monoisotopic (exact) mass is 1040 g/mol. The van der Waals surface area contributed by atoms with Crippen molar-refractivity contribution in [3.8, 4) is 0 Å². The van der Waals surface area contributed by atoms with E-state index in [1.165, 1.54) is 6.92 Å². The van der Waals surface area contributed by atoms with Gasteiger partial charge in [-0.1, -0.05) is 39.0 Å². The topological polar surface area (TPSA) is 315 Å². The minimum absolute atomic E-state index is 0.00433. The van der Waals surface area contributed by atoms with E-state index in [1.54, 1.807) is 6.92 Å². The van der Waals surface area contributed by atoms with Crippen LogP contribution in [0.5, 0.6) is 0 Å². The number of hydrogen-bond donors (Lipinski definition) is 8. The molecule has 28 atom stereocenters. The van der Waals surface area contributed by atoms with Gasteiger partial charge in [0.25, 0.3) is 0 Å². The van der Waals surface area contributed by atoms with Crippen molar-refractivity contribution in [2.75, 3.05) is 13.2 Å². The molecule has 4 aliphatic carbocycles. The Balaban J connectivity index is 0.963. The summed E-state index contributed by atoms with van der Waals surface area (Å²) in [6, 6.07) is 0. The van der Waals surface area contributed by atoms with E-state index < -0.39 is 152 Å². The Hall–Kier alpha value is -2.75. The molecule has 73 heavy (non-hydrogen) atoms. The smallest absolute Gasteiger partial charge is 0.303 e. The summed E-state index contributed by atoms with van der Waals surface area (Å²) in [6.07, 6.45) is -20.3. The number of carbonyl (C=O) groups excluding carboxylic acids is 3. The quantitative estimate of drug-likeness (QED) is 0.0797. The van der Waals surface area contributed by atoms with E-state index in [1.807, 2.05) is 6.92 Å². The fourth-order valence-corrected chi connectivity index (χ4v) is 15.0. The molecule has 3 saturated carbocycles. The van der Waals surface area contributed by atoms with Gasteiger partial charge in [-0.25, -0.2) is 0 Å². The molecule has 22 nitrogen and oxygen atoms in total. The average Bonchev–Trinajstić information content (AvgIpc) is 3.78. The van der Waals surface area contributed by atoms with E-state index in [2.05, 4.69) is 26.5 Å². The summed E-state index contributed by atoms with van der Waals surface area (Å²) in [7, 11) is 0. The first-order chi connectivity index (χ1) is 34.4. The van der Waals surface area contributed by atoms with Crippen molar-refractivity contribution in [3.63, 3.8) is 0 Å². The third-order valence-electron chi connectivity index (χ3n) is 18.5. The molecule has 1 spiro atoms. The van der Waals surface area contributed by atoms with Crippen LogP contribution in [-0.4, -0.2) is 200 Å². The lowest BCUT2D eigenvalue weighted by atomic mass is 9.46. The number of allylic oxidation sites excluding steroid dienone is 1. The highest BCUT2D eigenvalue weighted by Crippen LogP contribution is 2.71. The lowest BCUT2D eigenvalue weighted by Gasteiger charge is -2.61. The molecule has 412 valence electrons. The second-order valence-electron chi connectivity index (χ2n) is 22.7. The van der Waals surface area contributed by atoms with Gasteiger partial charge in [0.15, 0.2) is 37.2 Å². The Morgan fingerprint density at radius 2 is 1.37 bits per heavy atom. The molecule has 5 heterocycles. The molecule has 0 amide bonds. The maximum Gasteiger partial charge on any atom is 0.303 e. The first-order valence-electron chi connectivity index (χ1n) is 25.9. The normalized spacial score (nSPS) is 52.5. The van der Waals surface area contributed by atoms with Crippen LogP contribution >= 0.6 is 0 Å². The van der Waals surface area contributed by atoms with E-state index in [0.717, 1.165) is 45.6 Å². The summed E-state index contributed by atoms with van der Waals surface area (Å²) in [5.74, 6) is -4.00. The third-order valence-corrected chi connectivity index (χ3v) is 18.5. The Labute approximate surface area is 424 Å². The zero-order chi connectivity index (χ0) is 53.0. The number of carbonyl (C=O) groups is 3. The molecule has 8 N–H and O–H groups in total. The first kappa shape index (κ1) is 55.0. The molecule has 0 unspecified atom stereocenters. The lowest BCUT2D eigenvalue weighted by Crippen LogP contribution is -2.66. The Kier molecular flexibility index (Phi) is 15.5. The highest BCUT2D eigenvalue weighted by molar-refractivity contribution is 5.68. The molecule has 0 aromatic rings. The van der Waals surface area contributed by atoms with Crippen LogP contribution in [0.25, 0.3) is 0 Å². The largest absolute Gasteiger partial charge is 0.456 e. The molecular weight excluding hydrogens is 965 g/mol. The zero-order valence-corrected chi connectivity index (χ0v) is 42.7. The summed E-state index contributed by atoms with van der Waals surface area (Å²) in [5.41, 5.74) is 0.393. The number of hydrogen-bond acceptors (Lipinski definition) is 22. The fraction of sp³-hybridized carbons (Fsp3) is 0.863. The highest BCUT2D eigenvalue weighted by atomic mass is 16.8. The summed E-state index contributed by atoms with van der Waals surface area (Å²) in [5, 5.41) is 88.7. The summed E-state index contributed by atoms with van der Waals surface area (Å²) in [4.78, 5) is 37.2. The maximum absolute atomic E-state index is 12.6. The van der Waals surface area contributed by atoms with Gasteiger partial charge >= 0.3 is 17.9 Å². The van der Waals surface area contributed by atoms with Crippen LogP contribution in [0.1, 0.15) is 93.9 Å². The third kappa shape index (κ3) is 9.33.